The van der Waals surface area contributed by atoms with Crippen LogP contribution in [0.25, 0.3) is 0 Å². The Morgan fingerprint density at radius 2 is 2.40 bits per heavy atom. The summed E-state index contributed by atoms with van der Waals surface area (Å²) in [6, 6.07) is -0.0661. The molecule has 0 saturated carbocycles. The summed E-state index contributed by atoms with van der Waals surface area (Å²) in [5, 5.41) is 0. The monoisotopic (exact) mass is 208 g/mol. The molecule has 0 bridgehead atoms. The van der Waals surface area contributed by atoms with E-state index in [0.717, 1.165) is 18.5 Å². The molecule has 2 heterocycles. The number of nitrogens with zero attached hydrogens (tertiary/aromatic N) is 2. The van der Waals surface area contributed by atoms with Crippen LogP contribution in [0.1, 0.15) is 31.5 Å². The quantitative estimate of drug-likeness (QED) is 0.560. The number of hydrogen-bond acceptors (Lipinski definition) is 5. The highest BCUT2D eigenvalue weighted by Gasteiger charge is 2.30. The van der Waals surface area contributed by atoms with Crippen molar-refractivity contribution in [3.63, 3.8) is 0 Å². The van der Waals surface area contributed by atoms with Gasteiger partial charge in [0.25, 0.3) is 0 Å². The highest BCUT2D eigenvalue weighted by atomic mass is 16.5. The Labute approximate surface area is 89.0 Å². The smallest absolute Gasteiger partial charge is 0.0909 e. The molecule has 1 fully saturated rings. The molecule has 3 unspecified atom stereocenters. The van der Waals surface area contributed by atoms with Gasteiger partial charge in [0.05, 0.1) is 30.1 Å². The number of hydrazine groups is 1. The van der Waals surface area contributed by atoms with Gasteiger partial charge < -0.3 is 4.74 Å². The summed E-state index contributed by atoms with van der Waals surface area (Å²) >= 11 is 0. The van der Waals surface area contributed by atoms with E-state index in [1.165, 1.54) is 0 Å². The van der Waals surface area contributed by atoms with Crippen LogP contribution >= 0.6 is 0 Å². The Hall–Kier alpha value is -1.04. The largest absolute Gasteiger partial charge is 0.373 e. The van der Waals surface area contributed by atoms with Crippen LogP contribution in [0.3, 0.4) is 0 Å². The zero-order valence-corrected chi connectivity index (χ0v) is 8.76. The molecule has 0 aromatic carbocycles. The highest BCUT2D eigenvalue weighted by Crippen LogP contribution is 2.28. The lowest BCUT2D eigenvalue weighted by atomic mass is 10.1. The molecule has 0 spiro atoms. The second kappa shape index (κ2) is 4.65. The fraction of sp³-hybridized carbons (Fsp3) is 0.600. The first kappa shape index (κ1) is 10.5. The SMILES string of the molecule is CC1CCC(C(NN)c2cnccn2)O1. The van der Waals surface area contributed by atoms with Crippen molar-refractivity contribution in [1.82, 2.24) is 15.4 Å². The van der Waals surface area contributed by atoms with Gasteiger partial charge in [-0.1, -0.05) is 0 Å². The van der Waals surface area contributed by atoms with Crippen LogP contribution in [0.15, 0.2) is 18.6 Å². The third kappa shape index (κ3) is 2.31. The predicted octanol–water partition coefficient (Wildman–Crippen LogP) is 0.548. The van der Waals surface area contributed by atoms with Crippen LogP contribution in [0.5, 0.6) is 0 Å². The second-order valence-corrected chi connectivity index (χ2v) is 3.84. The number of hydrogen-bond donors (Lipinski definition) is 2. The highest BCUT2D eigenvalue weighted by molar-refractivity contribution is 5.05. The second-order valence-electron chi connectivity index (χ2n) is 3.84. The average Bonchev–Trinajstić information content (AvgIpc) is 2.68. The Kier molecular flexibility index (Phi) is 3.25. The molecule has 1 aromatic heterocycles. The molecule has 0 aliphatic carbocycles. The molecule has 1 aromatic rings. The standard InChI is InChI=1S/C10H16N4O/c1-7-2-3-9(15-7)10(14-11)8-6-12-4-5-13-8/h4-7,9-10,14H,2-3,11H2,1H3. The van der Waals surface area contributed by atoms with Gasteiger partial charge in [0.1, 0.15) is 0 Å². The molecule has 0 amide bonds. The van der Waals surface area contributed by atoms with E-state index in [4.69, 9.17) is 10.6 Å². The van der Waals surface area contributed by atoms with E-state index in [0.29, 0.717) is 6.10 Å². The summed E-state index contributed by atoms with van der Waals surface area (Å²) in [6.07, 6.45) is 7.52. The average molecular weight is 208 g/mol. The van der Waals surface area contributed by atoms with Crippen molar-refractivity contribution in [3.05, 3.63) is 24.3 Å². The first-order valence-corrected chi connectivity index (χ1v) is 5.18. The number of nitrogens with two attached hydrogens (primary N) is 1. The minimum absolute atomic E-state index is 0.0661. The van der Waals surface area contributed by atoms with Crippen LogP contribution in [0, 0.1) is 0 Å². The minimum Gasteiger partial charge on any atom is -0.373 e. The maximum atomic E-state index is 5.76. The van der Waals surface area contributed by atoms with Crippen LogP contribution in [0.4, 0.5) is 0 Å². The summed E-state index contributed by atoms with van der Waals surface area (Å²) < 4.78 is 5.76. The summed E-state index contributed by atoms with van der Waals surface area (Å²) in [7, 11) is 0. The lowest BCUT2D eigenvalue weighted by Crippen LogP contribution is -2.37. The fourth-order valence-electron chi connectivity index (χ4n) is 1.93. The lowest BCUT2D eigenvalue weighted by molar-refractivity contribution is 0.0306. The van der Waals surface area contributed by atoms with Crippen molar-refractivity contribution in [3.8, 4) is 0 Å². The van der Waals surface area contributed by atoms with Gasteiger partial charge >= 0.3 is 0 Å². The predicted molar refractivity (Wildman–Crippen MR) is 55.7 cm³/mol. The van der Waals surface area contributed by atoms with Gasteiger partial charge in [-0.3, -0.25) is 15.8 Å². The maximum Gasteiger partial charge on any atom is 0.0909 e. The molecule has 0 radical (unpaired) electrons. The van der Waals surface area contributed by atoms with Crippen LogP contribution in [0.2, 0.25) is 0 Å². The van der Waals surface area contributed by atoms with Crippen molar-refractivity contribution in [2.24, 2.45) is 5.84 Å². The van der Waals surface area contributed by atoms with Crippen molar-refractivity contribution in [2.45, 2.75) is 38.0 Å². The number of aromatic nitrogens is 2. The zero-order valence-electron chi connectivity index (χ0n) is 8.76. The molecule has 1 saturated heterocycles. The van der Waals surface area contributed by atoms with E-state index in [2.05, 4.69) is 22.3 Å². The zero-order chi connectivity index (χ0) is 10.7. The summed E-state index contributed by atoms with van der Waals surface area (Å²) in [4.78, 5) is 8.26. The lowest BCUT2D eigenvalue weighted by Gasteiger charge is -2.21. The molecule has 2 rings (SSSR count). The molecule has 82 valence electrons. The molecule has 15 heavy (non-hydrogen) atoms. The van der Waals surface area contributed by atoms with Crippen molar-refractivity contribution >= 4 is 0 Å². The third-order valence-electron chi connectivity index (χ3n) is 2.72. The van der Waals surface area contributed by atoms with Gasteiger partial charge in [-0.2, -0.15) is 0 Å². The molecule has 5 nitrogen and oxygen atoms in total. The first-order chi connectivity index (χ1) is 7.31. The Morgan fingerprint density at radius 1 is 1.53 bits per heavy atom. The summed E-state index contributed by atoms with van der Waals surface area (Å²) in [5.41, 5.74) is 3.59. The van der Waals surface area contributed by atoms with E-state index in [1.54, 1.807) is 18.6 Å². The molecule has 1 aliphatic heterocycles. The van der Waals surface area contributed by atoms with E-state index in [9.17, 15) is 0 Å². The number of nitrogens with one attached hydrogen (secondary N) is 1. The topological polar surface area (TPSA) is 73.1 Å². The van der Waals surface area contributed by atoms with Gasteiger partial charge in [0.2, 0.25) is 0 Å². The maximum absolute atomic E-state index is 5.76. The van der Waals surface area contributed by atoms with E-state index >= 15 is 0 Å². The molecule has 5 heteroatoms. The fourth-order valence-corrected chi connectivity index (χ4v) is 1.93. The van der Waals surface area contributed by atoms with E-state index in [1.807, 2.05) is 0 Å². The molecule has 3 N–H and O–H groups in total. The summed E-state index contributed by atoms with van der Waals surface area (Å²) in [6.45, 7) is 2.07. The Balaban J connectivity index is 2.11. The Bertz CT molecular complexity index is 306. The van der Waals surface area contributed by atoms with E-state index in [-0.39, 0.29) is 12.1 Å². The van der Waals surface area contributed by atoms with E-state index < -0.39 is 0 Å². The molecular weight excluding hydrogens is 192 g/mol. The summed E-state index contributed by atoms with van der Waals surface area (Å²) in [5.74, 6) is 5.53. The van der Waals surface area contributed by atoms with Crippen molar-refractivity contribution in [1.29, 1.82) is 0 Å². The minimum atomic E-state index is -0.0661. The van der Waals surface area contributed by atoms with Gasteiger partial charge in [0.15, 0.2) is 0 Å². The van der Waals surface area contributed by atoms with Crippen LogP contribution < -0.4 is 11.3 Å². The Morgan fingerprint density at radius 3 is 2.93 bits per heavy atom. The third-order valence-corrected chi connectivity index (χ3v) is 2.72. The van der Waals surface area contributed by atoms with Gasteiger partial charge in [-0.05, 0) is 19.8 Å². The van der Waals surface area contributed by atoms with Crippen LogP contribution in [-0.2, 0) is 4.74 Å². The molecule has 3 atom stereocenters. The van der Waals surface area contributed by atoms with Crippen molar-refractivity contribution < 1.29 is 4.74 Å². The molecular formula is C10H16N4O. The van der Waals surface area contributed by atoms with Gasteiger partial charge in [-0.25, -0.2) is 5.43 Å². The first-order valence-electron chi connectivity index (χ1n) is 5.18. The number of ether oxygens (including phenoxy) is 1. The number of rotatable bonds is 3. The van der Waals surface area contributed by atoms with Gasteiger partial charge in [-0.15, -0.1) is 0 Å². The van der Waals surface area contributed by atoms with Gasteiger partial charge in [0, 0.05) is 12.4 Å². The normalized spacial score (nSPS) is 27.9. The van der Waals surface area contributed by atoms with Crippen LogP contribution in [-0.4, -0.2) is 22.2 Å². The van der Waals surface area contributed by atoms with Crippen molar-refractivity contribution in [2.75, 3.05) is 0 Å². The molecule has 1 aliphatic rings.